The lowest BCUT2D eigenvalue weighted by Crippen LogP contribution is -2.15. The molecule has 0 saturated heterocycles. The van der Waals surface area contributed by atoms with Gasteiger partial charge in [-0.2, -0.15) is 0 Å². The zero-order valence-corrected chi connectivity index (χ0v) is 7.03. The lowest BCUT2D eigenvalue weighted by molar-refractivity contribution is 0.831. The van der Waals surface area contributed by atoms with E-state index in [4.69, 9.17) is 0 Å². The number of hydrogen-bond donors (Lipinski definition) is 1. The highest BCUT2D eigenvalue weighted by Crippen LogP contribution is 2.13. The summed E-state index contributed by atoms with van der Waals surface area (Å²) in [4.78, 5) is 0. The first kappa shape index (κ1) is 6.87. The van der Waals surface area contributed by atoms with Gasteiger partial charge in [0.25, 0.3) is 0 Å². The summed E-state index contributed by atoms with van der Waals surface area (Å²) in [6.45, 7) is 3.10. The van der Waals surface area contributed by atoms with Gasteiger partial charge in [-0.3, -0.25) is 0 Å². The summed E-state index contributed by atoms with van der Waals surface area (Å²) in [6.07, 6.45) is 5.31. The van der Waals surface area contributed by atoms with Crippen LogP contribution in [0.15, 0.2) is 22.3 Å². The van der Waals surface area contributed by atoms with Crippen LogP contribution in [0.3, 0.4) is 0 Å². The number of hydrogen-bond acceptors (Lipinski definition) is 1. The Balaban J connectivity index is 2.63. The second-order valence-corrected chi connectivity index (χ2v) is 2.91. The molecule has 1 nitrogen and oxygen atoms in total. The number of allylic oxidation sites excluding steroid dienone is 3. The van der Waals surface area contributed by atoms with Crippen molar-refractivity contribution in [3.05, 3.63) is 22.3 Å². The molecule has 1 rings (SSSR count). The highest BCUT2D eigenvalue weighted by atomic mass is 79.9. The van der Waals surface area contributed by atoms with Crippen LogP contribution in [0.5, 0.6) is 0 Å². The van der Waals surface area contributed by atoms with Crippen LogP contribution in [0, 0.1) is 0 Å². The van der Waals surface area contributed by atoms with Gasteiger partial charge in [0, 0.05) is 16.7 Å². The molecule has 2 heteroatoms. The second-order valence-electron chi connectivity index (χ2n) is 1.99. The largest absolute Gasteiger partial charge is 0.385 e. The van der Waals surface area contributed by atoms with E-state index >= 15 is 0 Å². The minimum atomic E-state index is 0.959. The van der Waals surface area contributed by atoms with Crippen molar-refractivity contribution in [3.8, 4) is 0 Å². The molecule has 0 amide bonds. The van der Waals surface area contributed by atoms with Crippen molar-refractivity contribution in [2.75, 3.05) is 6.54 Å². The van der Waals surface area contributed by atoms with Crippen molar-refractivity contribution in [1.29, 1.82) is 0 Å². The number of nitrogens with one attached hydrogen (secondary N) is 1. The van der Waals surface area contributed by atoms with E-state index in [1.807, 2.05) is 0 Å². The molecule has 0 saturated carbocycles. The Kier molecular flexibility index (Phi) is 2.34. The number of rotatable bonds is 1. The Morgan fingerprint density at radius 1 is 1.78 bits per heavy atom. The zero-order valence-electron chi connectivity index (χ0n) is 5.45. The van der Waals surface area contributed by atoms with Gasteiger partial charge in [0.1, 0.15) is 0 Å². The van der Waals surface area contributed by atoms with E-state index in [1.54, 1.807) is 0 Å². The number of dihydropyridines is 1. The molecule has 0 atom stereocenters. The van der Waals surface area contributed by atoms with Crippen LogP contribution in [0.4, 0.5) is 0 Å². The standard InChI is InChI=1S/C7H10BrN/c1-2-7-5-6(8)3-4-9-7/h3,5,9H,2,4H2,1H3. The molecule has 1 heterocycles. The fraction of sp³-hybridized carbons (Fsp3) is 0.429. The van der Waals surface area contributed by atoms with Crippen LogP contribution in [0.2, 0.25) is 0 Å². The third-order valence-corrected chi connectivity index (χ3v) is 1.87. The molecule has 0 unspecified atom stereocenters. The van der Waals surface area contributed by atoms with E-state index < -0.39 is 0 Å². The molecule has 1 aliphatic heterocycles. The molecule has 1 N–H and O–H groups in total. The Morgan fingerprint density at radius 3 is 3.00 bits per heavy atom. The van der Waals surface area contributed by atoms with E-state index in [1.165, 1.54) is 10.2 Å². The highest BCUT2D eigenvalue weighted by Gasteiger charge is 1.97. The Morgan fingerprint density at radius 2 is 2.56 bits per heavy atom. The molecule has 50 valence electrons. The molecule has 0 aromatic rings. The van der Waals surface area contributed by atoms with Gasteiger partial charge in [0.15, 0.2) is 0 Å². The summed E-state index contributed by atoms with van der Waals surface area (Å²) in [5, 5.41) is 3.25. The van der Waals surface area contributed by atoms with Gasteiger partial charge in [0.05, 0.1) is 0 Å². The molecule has 0 aromatic heterocycles. The van der Waals surface area contributed by atoms with Gasteiger partial charge in [-0.25, -0.2) is 0 Å². The molecule has 9 heavy (non-hydrogen) atoms. The predicted molar refractivity (Wildman–Crippen MR) is 43.4 cm³/mol. The molecule has 0 bridgehead atoms. The Labute approximate surface area is 64.0 Å². The molecule has 0 spiro atoms. The minimum absolute atomic E-state index is 0.959. The molecule has 0 aromatic carbocycles. The SMILES string of the molecule is CCC1=CC(Br)=CCN1. The van der Waals surface area contributed by atoms with Gasteiger partial charge in [0.2, 0.25) is 0 Å². The first-order chi connectivity index (χ1) is 4.33. The van der Waals surface area contributed by atoms with Crippen molar-refractivity contribution in [1.82, 2.24) is 5.32 Å². The topological polar surface area (TPSA) is 12.0 Å². The van der Waals surface area contributed by atoms with Crippen molar-refractivity contribution in [2.24, 2.45) is 0 Å². The van der Waals surface area contributed by atoms with Crippen LogP contribution in [0.25, 0.3) is 0 Å². The molecule has 0 aliphatic carbocycles. The summed E-state index contributed by atoms with van der Waals surface area (Å²) in [5.41, 5.74) is 1.31. The van der Waals surface area contributed by atoms with Gasteiger partial charge >= 0.3 is 0 Å². The first-order valence-corrected chi connectivity index (χ1v) is 3.92. The normalized spacial score (nSPS) is 18.0. The van der Waals surface area contributed by atoms with Crippen LogP contribution in [0.1, 0.15) is 13.3 Å². The molecular weight excluding hydrogens is 178 g/mol. The second kappa shape index (κ2) is 3.06. The van der Waals surface area contributed by atoms with E-state index in [0.717, 1.165) is 13.0 Å². The maximum Gasteiger partial charge on any atom is 0.0341 e. The van der Waals surface area contributed by atoms with E-state index in [2.05, 4.69) is 40.3 Å². The van der Waals surface area contributed by atoms with Crippen molar-refractivity contribution < 1.29 is 0 Å². The van der Waals surface area contributed by atoms with E-state index in [-0.39, 0.29) is 0 Å². The first-order valence-electron chi connectivity index (χ1n) is 3.13. The van der Waals surface area contributed by atoms with Crippen molar-refractivity contribution >= 4 is 15.9 Å². The minimum Gasteiger partial charge on any atom is -0.385 e. The summed E-state index contributed by atoms with van der Waals surface area (Å²) in [6, 6.07) is 0. The smallest absolute Gasteiger partial charge is 0.0341 e. The Bertz CT molecular complexity index is 158. The predicted octanol–water partition coefficient (Wildman–Crippen LogP) is 2.16. The molecule has 0 radical (unpaired) electrons. The highest BCUT2D eigenvalue weighted by molar-refractivity contribution is 9.11. The van der Waals surface area contributed by atoms with Gasteiger partial charge in [-0.15, -0.1) is 0 Å². The van der Waals surface area contributed by atoms with Crippen molar-refractivity contribution in [2.45, 2.75) is 13.3 Å². The summed E-state index contributed by atoms with van der Waals surface area (Å²) in [5.74, 6) is 0. The van der Waals surface area contributed by atoms with Gasteiger partial charge in [-0.1, -0.05) is 28.9 Å². The van der Waals surface area contributed by atoms with E-state index in [0.29, 0.717) is 0 Å². The fourth-order valence-corrected chi connectivity index (χ4v) is 1.22. The summed E-state index contributed by atoms with van der Waals surface area (Å²) >= 11 is 3.41. The van der Waals surface area contributed by atoms with Crippen LogP contribution >= 0.6 is 15.9 Å². The lowest BCUT2D eigenvalue weighted by atomic mass is 10.2. The fourth-order valence-electron chi connectivity index (χ4n) is 0.783. The monoisotopic (exact) mass is 187 g/mol. The summed E-state index contributed by atoms with van der Waals surface area (Å²) < 4.78 is 1.19. The third-order valence-electron chi connectivity index (χ3n) is 1.32. The quantitative estimate of drug-likeness (QED) is 0.664. The average molecular weight is 188 g/mol. The van der Waals surface area contributed by atoms with E-state index in [9.17, 15) is 0 Å². The maximum atomic E-state index is 3.41. The molecular formula is C7H10BrN. The molecule has 1 aliphatic rings. The Hall–Kier alpha value is -0.240. The third kappa shape index (κ3) is 1.86. The number of halogens is 1. The average Bonchev–Trinajstić information content (AvgIpc) is 1.88. The van der Waals surface area contributed by atoms with Crippen molar-refractivity contribution in [3.63, 3.8) is 0 Å². The van der Waals surface area contributed by atoms with Crippen LogP contribution < -0.4 is 5.32 Å². The maximum absolute atomic E-state index is 3.41. The summed E-state index contributed by atoms with van der Waals surface area (Å²) in [7, 11) is 0. The van der Waals surface area contributed by atoms with Crippen LogP contribution in [-0.2, 0) is 0 Å². The van der Waals surface area contributed by atoms with Crippen LogP contribution in [-0.4, -0.2) is 6.54 Å². The van der Waals surface area contributed by atoms with Gasteiger partial charge in [-0.05, 0) is 12.5 Å². The molecule has 0 fully saturated rings. The lowest BCUT2D eigenvalue weighted by Gasteiger charge is -2.10. The van der Waals surface area contributed by atoms with Gasteiger partial charge < -0.3 is 5.32 Å². The zero-order chi connectivity index (χ0) is 6.69.